The molecule has 0 fully saturated rings. The Morgan fingerprint density at radius 2 is 1.71 bits per heavy atom. The normalized spacial score (nSPS) is 11.0. The van der Waals surface area contributed by atoms with Gasteiger partial charge in [-0.25, -0.2) is 18.4 Å². The molecule has 0 bridgehead atoms. The highest BCUT2D eigenvalue weighted by molar-refractivity contribution is 6.00. The zero-order valence-electron chi connectivity index (χ0n) is 18.2. The van der Waals surface area contributed by atoms with E-state index in [0.29, 0.717) is 40.3 Å². The molecule has 3 aromatic carbocycles. The predicted molar refractivity (Wildman–Crippen MR) is 127 cm³/mol. The Balaban J connectivity index is 1.67. The van der Waals surface area contributed by atoms with Crippen molar-refractivity contribution in [2.45, 2.75) is 6.54 Å². The molecule has 0 atom stereocenters. The number of fused-ring (bicyclic) bond motifs is 1. The maximum Gasteiger partial charge on any atom is 0.225 e. The van der Waals surface area contributed by atoms with Crippen molar-refractivity contribution < 1.29 is 13.5 Å². The van der Waals surface area contributed by atoms with E-state index in [2.05, 4.69) is 15.4 Å². The van der Waals surface area contributed by atoms with Crippen LogP contribution in [0.15, 0.2) is 72.8 Å². The third-order valence-electron chi connectivity index (χ3n) is 5.32. The maximum absolute atomic E-state index is 13.9. The molecule has 0 aliphatic carbocycles. The largest absolute Gasteiger partial charge is 0.496 e. The molecule has 7 nitrogen and oxygen atoms in total. The second kappa shape index (κ2) is 8.78. The van der Waals surface area contributed by atoms with Crippen LogP contribution in [0, 0.1) is 11.6 Å². The standard InChI is InChI=1S/C25H20F2N6O/c1-34-20-11-3-2-10-19(20)22-21-23(28)33(18-9-5-8-17(27)13-18)32-24(21)31-25(30-22)29-14-15-6-4-7-16(26)12-15/h2-13H,14,28H2,1H3,(H,29,31,32). The fraction of sp³-hybridized carbons (Fsp3) is 0.0800. The number of aromatic nitrogens is 4. The third-order valence-corrected chi connectivity index (χ3v) is 5.32. The van der Waals surface area contributed by atoms with Crippen molar-refractivity contribution in [3.8, 4) is 22.7 Å². The Bertz CT molecular complexity index is 1500. The Labute approximate surface area is 193 Å². The highest BCUT2D eigenvalue weighted by Gasteiger charge is 2.21. The summed E-state index contributed by atoms with van der Waals surface area (Å²) < 4.78 is 34.4. The molecule has 0 saturated heterocycles. The summed E-state index contributed by atoms with van der Waals surface area (Å²) in [6, 6.07) is 19.6. The minimum atomic E-state index is -0.412. The van der Waals surface area contributed by atoms with Crippen LogP contribution in [0.5, 0.6) is 5.75 Å². The summed E-state index contributed by atoms with van der Waals surface area (Å²) in [6.45, 7) is 0.300. The van der Waals surface area contributed by atoms with Gasteiger partial charge < -0.3 is 15.8 Å². The van der Waals surface area contributed by atoms with Gasteiger partial charge in [-0.05, 0) is 48.0 Å². The summed E-state index contributed by atoms with van der Waals surface area (Å²) in [6.07, 6.45) is 0. The first kappa shape index (κ1) is 21.3. The lowest BCUT2D eigenvalue weighted by atomic mass is 10.1. The SMILES string of the molecule is COc1ccccc1-c1nc(NCc2cccc(F)c2)nc2nn(-c3cccc(F)c3)c(N)c12. The van der Waals surface area contributed by atoms with Crippen molar-refractivity contribution in [1.82, 2.24) is 19.7 Å². The van der Waals surface area contributed by atoms with Gasteiger partial charge >= 0.3 is 0 Å². The molecule has 2 aromatic heterocycles. The summed E-state index contributed by atoms with van der Waals surface area (Å²) >= 11 is 0. The number of nitrogen functional groups attached to an aromatic ring is 1. The number of halogens is 2. The molecule has 0 aliphatic rings. The van der Waals surface area contributed by atoms with Crippen LogP contribution in [0.3, 0.4) is 0 Å². The first-order valence-corrected chi connectivity index (χ1v) is 10.5. The maximum atomic E-state index is 13.9. The summed E-state index contributed by atoms with van der Waals surface area (Å²) in [5.74, 6) is 0.396. The number of nitrogens with two attached hydrogens (primary N) is 1. The minimum absolute atomic E-state index is 0.262. The lowest BCUT2D eigenvalue weighted by Gasteiger charge is -2.11. The number of methoxy groups -OCH3 is 1. The topological polar surface area (TPSA) is 90.9 Å². The van der Waals surface area contributed by atoms with Crippen LogP contribution in [0.2, 0.25) is 0 Å². The monoisotopic (exact) mass is 458 g/mol. The van der Waals surface area contributed by atoms with Crippen LogP contribution in [0.25, 0.3) is 28.0 Å². The lowest BCUT2D eigenvalue weighted by molar-refractivity contribution is 0.416. The quantitative estimate of drug-likeness (QED) is 0.374. The molecule has 0 radical (unpaired) electrons. The van der Waals surface area contributed by atoms with E-state index in [0.717, 1.165) is 5.56 Å². The smallest absolute Gasteiger partial charge is 0.225 e. The fourth-order valence-electron chi connectivity index (χ4n) is 3.76. The first-order chi connectivity index (χ1) is 16.5. The number of anilines is 2. The number of para-hydroxylation sites is 1. The van der Waals surface area contributed by atoms with E-state index in [1.165, 1.54) is 28.9 Å². The number of nitrogens with zero attached hydrogens (tertiary/aromatic N) is 4. The van der Waals surface area contributed by atoms with Gasteiger partial charge in [-0.15, -0.1) is 5.10 Å². The van der Waals surface area contributed by atoms with Crippen LogP contribution in [0.1, 0.15) is 5.56 Å². The zero-order chi connectivity index (χ0) is 23.7. The second-order valence-corrected chi connectivity index (χ2v) is 7.56. The van der Waals surface area contributed by atoms with Crippen LogP contribution in [0.4, 0.5) is 20.5 Å². The van der Waals surface area contributed by atoms with E-state index < -0.39 is 5.82 Å². The van der Waals surface area contributed by atoms with Crippen LogP contribution >= 0.6 is 0 Å². The summed E-state index contributed by atoms with van der Waals surface area (Å²) in [5, 5.41) is 8.16. The molecular weight excluding hydrogens is 438 g/mol. The fourth-order valence-corrected chi connectivity index (χ4v) is 3.76. The molecule has 9 heteroatoms. The molecule has 0 aliphatic heterocycles. The van der Waals surface area contributed by atoms with Crippen molar-refractivity contribution in [1.29, 1.82) is 0 Å². The Morgan fingerprint density at radius 1 is 0.941 bits per heavy atom. The average molecular weight is 458 g/mol. The zero-order valence-corrected chi connectivity index (χ0v) is 18.2. The van der Waals surface area contributed by atoms with E-state index in [4.69, 9.17) is 15.5 Å². The van der Waals surface area contributed by atoms with E-state index in [-0.39, 0.29) is 17.6 Å². The van der Waals surface area contributed by atoms with E-state index in [9.17, 15) is 8.78 Å². The number of rotatable bonds is 6. The Morgan fingerprint density at radius 3 is 2.47 bits per heavy atom. The van der Waals surface area contributed by atoms with Gasteiger partial charge in [-0.2, -0.15) is 4.98 Å². The molecule has 3 N–H and O–H groups in total. The molecule has 0 amide bonds. The van der Waals surface area contributed by atoms with Crippen LogP contribution in [-0.4, -0.2) is 26.9 Å². The third kappa shape index (κ3) is 3.99. The van der Waals surface area contributed by atoms with Gasteiger partial charge in [-0.3, -0.25) is 0 Å². The number of hydrogen-bond donors (Lipinski definition) is 2. The summed E-state index contributed by atoms with van der Waals surface area (Å²) in [7, 11) is 1.57. The van der Waals surface area contributed by atoms with Gasteiger partial charge in [0.15, 0.2) is 5.65 Å². The Kier molecular flexibility index (Phi) is 5.51. The number of benzene rings is 3. The number of ether oxygens (including phenoxy) is 1. The summed E-state index contributed by atoms with van der Waals surface area (Å²) in [5.41, 5.74) is 9.18. The summed E-state index contributed by atoms with van der Waals surface area (Å²) in [4.78, 5) is 9.22. The van der Waals surface area contributed by atoms with E-state index in [1.807, 2.05) is 24.3 Å². The minimum Gasteiger partial charge on any atom is -0.496 e. The van der Waals surface area contributed by atoms with Crippen LogP contribution in [-0.2, 0) is 6.54 Å². The number of hydrogen-bond acceptors (Lipinski definition) is 6. The van der Waals surface area contributed by atoms with E-state index in [1.54, 1.807) is 31.4 Å². The van der Waals surface area contributed by atoms with Gasteiger partial charge in [0.25, 0.3) is 0 Å². The van der Waals surface area contributed by atoms with Crippen LogP contribution < -0.4 is 15.8 Å². The molecule has 2 heterocycles. The molecule has 0 saturated carbocycles. The lowest BCUT2D eigenvalue weighted by Crippen LogP contribution is -2.05. The van der Waals surface area contributed by atoms with Gasteiger partial charge in [0.05, 0.1) is 23.9 Å². The van der Waals surface area contributed by atoms with Crippen molar-refractivity contribution in [2.75, 3.05) is 18.2 Å². The molecule has 0 unspecified atom stereocenters. The molecule has 34 heavy (non-hydrogen) atoms. The van der Waals surface area contributed by atoms with Crippen molar-refractivity contribution in [2.24, 2.45) is 0 Å². The average Bonchev–Trinajstić information content (AvgIpc) is 3.18. The molecule has 5 aromatic rings. The van der Waals surface area contributed by atoms with Gasteiger partial charge in [-0.1, -0.05) is 30.3 Å². The second-order valence-electron chi connectivity index (χ2n) is 7.56. The van der Waals surface area contributed by atoms with Gasteiger partial charge in [0.2, 0.25) is 5.95 Å². The van der Waals surface area contributed by atoms with Crippen molar-refractivity contribution in [3.05, 3.63) is 90.0 Å². The highest BCUT2D eigenvalue weighted by Crippen LogP contribution is 2.37. The first-order valence-electron chi connectivity index (χ1n) is 10.5. The highest BCUT2D eigenvalue weighted by atomic mass is 19.1. The molecule has 0 spiro atoms. The van der Waals surface area contributed by atoms with Gasteiger partial charge in [0, 0.05) is 12.1 Å². The van der Waals surface area contributed by atoms with Crippen molar-refractivity contribution >= 4 is 22.8 Å². The molecule has 5 rings (SSSR count). The Hall–Kier alpha value is -4.53. The van der Waals surface area contributed by atoms with Gasteiger partial charge in [0.1, 0.15) is 23.2 Å². The molecular formula is C25H20F2N6O. The van der Waals surface area contributed by atoms with E-state index >= 15 is 0 Å². The predicted octanol–water partition coefficient (Wildman–Crippen LogP) is 4.96. The number of nitrogens with one attached hydrogen (secondary N) is 1. The van der Waals surface area contributed by atoms with Crippen molar-refractivity contribution in [3.63, 3.8) is 0 Å². The molecule has 170 valence electrons.